The Kier molecular flexibility index (Phi) is 4.55. The Morgan fingerprint density at radius 1 is 1.36 bits per heavy atom. The van der Waals surface area contributed by atoms with Crippen molar-refractivity contribution in [3.8, 4) is 11.3 Å². The van der Waals surface area contributed by atoms with Crippen LogP contribution in [0.5, 0.6) is 0 Å². The highest BCUT2D eigenvalue weighted by Gasteiger charge is 2.24. The maximum absolute atomic E-state index is 12.4. The molecule has 0 spiro atoms. The summed E-state index contributed by atoms with van der Waals surface area (Å²) in [5.41, 5.74) is 2.46. The van der Waals surface area contributed by atoms with Crippen LogP contribution in [0.2, 0.25) is 0 Å². The molecule has 1 saturated carbocycles. The molecule has 1 heterocycles. The van der Waals surface area contributed by atoms with Crippen molar-refractivity contribution in [2.75, 3.05) is 0 Å². The molecule has 2 unspecified atom stereocenters. The zero-order valence-corrected chi connectivity index (χ0v) is 13.4. The Labute approximate surface area is 134 Å². The minimum atomic E-state index is -0.429. The fourth-order valence-corrected chi connectivity index (χ4v) is 3.47. The third-order valence-corrected chi connectivity index (χ3v) is 4.86. The van der Waals surface area contributed by atoms with Crippen LogP contribution in [0.4, 0.5) is 0 Å². The Bertz CT molecular complexity index is 668. The molecule has 2 N–H and O–H groups in total. The highest BCUT2D eigenvalue weighted by molar-refractivity contribution is 7.09. The molecule has 3 rings (SSSR count). The molecule has 1 aliphatic carbocycles. The maximum atomic E-state index is 12.4. The van der Waals surface area contributed by atoms with Gasteiger partial charge >= 0.3 is 0 Å². The number of thiazole rings is 1. The molecule has 1 aliphatic rings. The predicted octanol–water partition coefficient (Wildman–Crippen LogP) is 3.15. The van der Waals surface area contributed by atoms with Gasteiger partial charge in [-0.1, -0.05) is 25.0 Å². The van der Waals surface area contributed by atoms with E-state index >= 15 is 0 Å². The van der Waals surface area contributed by atoms with Crippen LogP contribution in [0.1, 0.15) is 41.0 Å². The summed E-state index contributed by atoms with van der Waals surface area (Å²) in [6.07, 6.45) is 3.27. The number of aliphatic hydroxyl groups excluding tert-OH is 1. The van der Waals surface area contributed by atoms with E-state index in [0.717, 1.165) is 41.9 Å². The summed E-state index contributed by atoms with van der Waals surface area (Å²) in [4.78, 5) is 16.9. The van der Waals surface area contributed by atoms with E-state index in [2.05, 4.69) is 10.3 Å². The van der Waals surface area contributed by atoms with Crippen LogP contribution in [0.15, 0.2) is 29.6 Å². The molecule has 1 fully saturated rings. The van der Waals surface area contributed by atoms with Gasteiger partial charge in [-0.05, 0) is 31.9 Å². The topological polar surface area (TPSA) is 62.2 Å². The van der Waals surface area contributed by atoms with Crippen LogP contribution in [-0.2, 0) is 0 Å². The monoisotopic (exact) mass is 316 g/mol. The van der Waals surface area contributed by atoms with Gasteiger partial charge in [0.1, 0.15) is 0 Å². The van der Waals surface area contributed by atoms with Gasteiger partial charge in [-0.2, -0.15) is 0 Å². The van der Waals surface area contributed by atoms with E-state index in [1.807, 2.05) is 30.5 Å². The predicted molar refractivity (Wildman–Crippen MR) is 88.0 cm³/mol. The molecule has 22 heavy (non-hydrogen) atoms. The zero-order chi connectivity index (χ0) is 15.5. The smallest absolute Gasteiger partial charge is 0.251 e. The van der Waals surface area contributed by atoms with Crippen molar-refractivity contribution in [2.24, 2.45) is 0 Å². The van der Waals surface area contributed by atoms with E-state index in [1.54, 1.807) is 17.4 Å². The third kappa shape index (κ3) is 3.36. The van der Waals surface area contributed by atoms with E-state index in [4.69, 9.17) is 0 Å². The van der Waals surface area contributed by atoms with E-state index in [1.165, 1.54) is 0 Å². The first-order valence-corrected chi connectivity index (χ1v) is 8.53. The standard InChI is InChI=1S/C17H20N2O2S/c1-11-18-15(10-22-11)12-5-4-6-13(9-12)17(21)19-14-7-2-3-8-16(14)20/h4-6,9-10,14,16,20H,2-3,7-8H2,1H3,(H,19,21). The number of carbonyl (C=O) groups excluding carboxylic acids is 1. The summed E-state index contributed by atoms with van der Waals surface area (Å²) < 4.78 is 0. The second kappa shape index (κ2) is 6.58. The van der Waals surface area contributed by atoms with Gasteiger partial charge in [0.25, 0.3) is 5.91 Å². The van der Waals surface area contributed by atoms with Gasteiger partial charge in [0.05, 0.1) is 22.8 Å². The molecule has 1 aromatic carbocycles. The van der Waals surface area contributed by atoms with Gasteiger partial charge in [-0.3, -0.25) is 4.79 Å². The Hall–Kier alpha value is -1.72. The summed E-state index contributed by atoms with van der Waals surface area (Å²) in [7, 11) is 0. The molecule has 2 aromatic rings. The number of amides is 1. The van der Waals surface area contributed by atoms with Crippen LogP contribution in [-0.4, -0.2) is 28.1 Å². The number of hydrogen-bond donors (Lipinski definition) is 2. The van der Waals surface area contributed by atoms with E-state index in [0.29, 0.717) is 5.56 Å². The first kappa shape index (κ1) is 15.2. The lowest BCUT2D eigenvalue weighted by Crippen LogP contribution is -2.45. The molecule has 1 amide bonds. The lowest BCUT2D eigenvalue weighted by Gasteiger charge is -2.28. The number of benzene rings is 1. The fourth-order valence-electron chi connectivity index (χ4n) is 2.85. The molecular weight excluding hydrogens is 296 g/mol. The molecule has 1 aromatic heterocycles. The van der Waals surface area contributed by atoms with Crippen LogP contribution < -0.4 is 5.32 Å². The van der Waals surface area contributed by atoms with Crippen molar-refractivity contribution in [2.45, 2.75) is 44.8 Å². The normalized spacial score (nSPS) is 21.5. The second-order valence-electron chi connectivity index (χ2n) is 5.76. The Balaban J connectivity index is 1.75. The molecule has 0 radical (unpaired) electrons. The summed E-state index contributed by atoms with van der Waals surface area (Å²) in [5, 5.41) is 15.9. The van der Waals surface area contributed by atoms with Crippen LogP contribution in [0.3, 0.4) is 0 Å². The average molecular weight is 316 g/mol. The second-order valence-corrected chi connectivity index (χ2v) is 6.83. The highest BCUT2D eigenvalue weighted by atomic mass is 32.1. The first-order chi connectivity index (χ1) is 10.6. The quantitative estimate of drug-likeness (QED) is 0.914. The number of hydrogen-bond acceptors (Lipinski definition) is 4. The van der Waals surface area contributed by atoms with Crippen molar-refractivity contribution < 1.29 is 9.90 Å². The minimum absolute atomic E-state index is 0.125. The number of aliphatic hydroxyl groups is 1. The lowest BCUT2D eigenvalue weighted by molar-refractivity contribution is 0.0717. The Morgan fingerprint density at radius 3 is 2.91 bits per heavy atom. The fraction of sp³-hybridized carbons (Fsp3) is 0.412. The van der Waals surface area contributed by atoms with Crippen LogP contribution in [0.25, 0.3) is 11.3 Å². The van der Waals surface area contributed by atoms with E-state index < -0.39 is 6.10 Å². The third-order valence-electron chi connectivity index (χ3n) is 4.09. The zero-order valence-electron chi connectivity index (χ0n) is 12.6. The number of nitrogens with zero attached hydrogens (tertiary/aromatic N) is 1. The number of aromatic nitrogens is 1. The molecule has 116 valence electrons. The highest BCUT2D eigenvalue weighted by Crippen LogP contribution is 2.23. The summed E-state index contributed by atoms with van der Waals surface area (Å²) in [6, 6.07) is 7.36. The molecule has 4 nitrogen and oxygen atoms in total. The summed E-state index contributed by atoms with van der Waals surface area (Å²) in [6.45, 7) is 1.97. The molecule has 0 saturated heterocycles. The van der Waals surface area contributed by atoms with E-state index in [-0.39, 0.29) is 11.9 Å². The molecular formula is C17H20N2O2S. The van der Waals surface area contributed by atoms with E-state index in [9.17, 15) is 9.90 Å². The van der Waals surface area contributed by atoms with Gasteiger partial charge < -0.3 is 10.4 Å². The Morgan fingerprint density at radius 2 is 2.18 bits per heavy atom. The van der Waals surface area contributed by atoms with Gasteiger partial charge in [-0.25, -0.2) is 4.98 Å². The maximum Gasteiger partial charge on any atom is 0.251 e. The van der Waals surface area contributed by atoms with Crippen molar-refractivity contribution in [3.63, 3.8) is 0 Å². The van der Waals surface area contributed by atoms with Crippen LogP contribution in [0, 0.1) is 6.92 Å². The SMILES string of the molecule is Cc1nc(-c2cccc(C(=O)NC3CCCCC3O)c2)cs1. The van der Waals surface area contributed by atoms with Gasteiger partial charge in [0, 0.05) is 16.5 Å². The van der Waals surface area contributed by atoms with Gasteiger partial charge in [0.15, 0.2) is 0 Å². The van der Waals surface area contributed by atoms with Crippen LogP contribution >= 0.6 is 11.3 Å². The largest absolute Gasteiger partial charge is 0.391 e. The van der Waals surface area contributed by atoms with Gasteiger partial charge in [0.2, 0.25) is 0 Å². The van der Waals surface area contributed by atoms with Crippen molar-refractivity contribution in [1.82, 2.24) is 10.3 Å². The van der Waals surface area contributed by atoms with Crippen molar-refractivity contribution in [1.29, 1.82) is 0 Å². The number of carbonyl (C=O) groups is 1. The van der Waals surface area contributed by atoms with Gasteiger partial charge in [-0.15, -0.1) is 11.3 Å². The number of rotatable bonds is 3. The molecule has 0 bridgehead atoms. The first-order valence-electron chi connectivity index (χ1n) is 7.65. The van der Waals surface area contributed by atoms with Crippen molar-refractivity contribution in [3.05, 3.63) is 40.2 Å². The summed E-state index contributed by atoms with van der Waals surface area (Å²) >= 11 is 1.60. The number of nitrogens with one attached hydrogen (secondary N) is 1. The lowest BCUT2D eigenvalue weighted by atomic mass is 9.92. The number of aryl methyl sites for hydroxylation is 1. The molecule has 5 heteroatoms. The molecule has 2 atom stereocenters. The molecule has 0 aliphatic heterocycles. The summed E-state index contributed by atoms with van der Waals surface area (Å²) in [5.74, 6) is -0.125. The van der Waals surface area contributed by atoms with Crippen molar-refractivity contribution >= 4 is 17.2 Å². The average Bonchev–Trinajstić information content (AvgIpc) is 2.96. The minimum Gasteiger partial charge on any atom is -0.391 e.